The molecule has 0 saturated carbocycles. The van der Waals surface area contributed by atoms with Crippen LogP contribution in [0.4, 0.5) is 13.2 Å². The summed E-state index contributed by atoms with van der Waals surface area (Å²) in [5.74, 6) is -0.113. The Morgan fingerprint density at radius 3 is 2.59 bits per heavy atom. The number of rotatable bonds is 4. The van der Waals surface area contributed by atoms with E-state index in [1.54, 1.807) is 49.5 Å². The van der Waals surface area contributed by atoms with E-state index in [-0.39, 0.29) is 16.6 Å². The van der Waals surface area contributed by atoms with Crippen molar-refractivity contribution in [1.82, 2.24) is 14.5 Å². The van der Waals surface area contributed by atoms with Crippen LogP contribution in [0.3, 0.4) is 0 Å². The van der Waals surface area contributed by atoms with E-state index in [1.165, 1.54) is 16.8 Å². The van der Waals surface area contributed by atoms with Crippen LogP contribution in [0, 0.1) is 0 Å². The molecular formula is C19H15ClF3N3O. The molecule has 0 amide bonds. The van der Waals surface area contributed by atoms with Crippen LogP contribution in [0.25, 0.3) is 16.7 Å². The molecule has 0 aliphatic carbocycles. The highest BCUT2D eigenvalue weighted by molar-refractivity contribution is 6.32. The Morgan fingerprint density at radius 1 is 1.26 bits per heavy atom. The number of hydrogen-bond donors (Lipinski definition) is 0. The van der Waals surface area contributed by atoms with E-state index in [0.717, 1.165) is 12.3 Å². The molecule has 0 atom stereocenters. The number of ketones is 1. The summed E-state index contributed by atoms with van der Waals surface area (Å²) >= 11 is 6.07. The number of alkyl halides is 3. The lowest BCUT2D eigenvalue weighted by molar-refractivity contribution is -0.137. The van der Waals surface area contributed by atoms with Gasteiger partial charge in [-0.1, -0.05) is 29.8 Å². The number of carbonyl (C=O) groups excluding carboxylic acids is 1. The molecule has 0 unspecified atom stereocenters. The first kappa shape index (κ1) is 19.0. The van der Waals surface area contributed by atoms with Gasteiger partial charge in [0, 0.05) is 49.7 Å². The standard InChI is InChI=1S/C19H15ClF3N3O/c1-25(2)8-7-17(27)14-11-26(16-6-4-3-5-13(14)16)18-15(20)9-12(10-24-18)19(21,22)23/h3-11H,1-2H3/b8-7+. The molecule has 2 aromatic heterocycles. The number of halogens is 4. The van der Waals surface area contributed by atoms with Crippen molar-refractivity contribution in [2.45, 2.75) is 6.18 Å². The monoisotopic (exact) mass is 393 g/mol. The molecule has 0 fully saturated rings. The second-order valence-corrected chi connectivity index (χ2v) is 6.51. The zero-order valence-corrected chi connectivity index (χ0v) is 15.2. The molecular weight excluding hydrogens is 379 g/mol. The molecule has 140 valence electrons. The van der Waals surface area contributed by atoms with Crippen LogP contribution >= 0.6 is 11.6 Å². The van der Waals surface area contributed by atoms with Gasteiger partial charge in [-0.2, -0.15) is 13.2 Å². The molecule has 0 aliphatic heterocycles. The van der Waals surface area contributed by atoms with Gasteiger partial charge in [0.15, 0.2) is 11.6 Å². The molecule has 0 radical (unpaired) electrons. The molecule has 0 saturated heterocycles. The molecule has 27 heavy (non-hydrogen) atoms. The fourth-order valence-corrected chi connectivity index (χ4v) is 2.88. The third-order valence-electron chi connectivity index (χ3n) is 3.88. The minimum atomic E-state index is -4.54. The molecule has 3 rings (SSSR count). The number of allylic oxidation sites excluding steroid dienone is 1. The zero-order chi connectivity index (χ0) is 19.8. The molecule has 0 aliphatic rings. The molecule has 8 heteroatoms. The first-order valence-corrected chi connectivity index (χ1v) is 8.28. The van der Waals surface area contributed by atoms with Crippen LogP contribution in [0.5, 0.6) is 0 Å². The van der Waals surface area contributed by atoms with Gasteiger partial charge in [0.1, 0.15) is 0 Å². The van der Waals surface area contributed by atoms with E-state index >= 15 is 0 Å². The van der Waals surface area contributed by atoms with Gasteiger partial charge in [0.25, 0.3) is 0 Å². The molecule has 0 bridgehead atoms. The van der Waals surface area contributed by atoms with Crippen molar-refractivity contribution in [3.63, 3.8) is 0 Å². The molecule has 1 aromatic carbocycles. The molecule has 3 aromatic rings. The minimum Gasteiger partial charge on any atom is -0.383 e. The topological polar surface area (TPSA) is 38.1 Å². The summed E-state index contributed by atoms with van der Waals surface area (Å²) in [7, 11) is 3.58. The van der Waals surface area contributed by atoms with E-state index in [0.29, 0.717) is 16.5 Å². The third-order valence-corrected chi connectivity index (χ3v) is 4.16. The fraction of sp³-hybridized carbons (Fsp3) is 0.158. The number of nitrogens with zero attached hydrogens (tertiary/aromatic N) is 3. The summed E-state index contributed by atoms with van der Waals surface area (Å²) in [5, 5.41) is 0.497. The molecule has 0 spiro atoms. The lowest BCUT2D eigenvalue weighted by atomic mass is 10.1. The first-order valence-electron chi connectivity index (χ1n) is 7.90. The van der Waals surface area contributed by atoms with Crippen LogP contribution in [0.15, 0.2) is 55.0 Å². The van der Waals surface area contributed by atoms with Gasteiger partial charge < -0.3 is 4.90 Å². The lowest BCUT2D eigenvalue weighted by Crippen LogP contribution is -2.07. The normalized spacial score (nSPS) is 12.1. The van der Waals surface area contributed by atoms with Crippen molar-refractivity contribution in [3.8, 4) is 5.82 Å². The minimum absolute atomic E-state index is 0.122. The van der Waals surface area contributed by atoms with Gasteiger partial charge in [-0.05, 0) is 12.1 Å². The zero-order valence-electron chi connectivity index (χ0n) is 14.5. The fourth-order valence-electron chi connectivity index (χ4n) is 2.62. The highest BCUT2D eigenvalue weighted by Crippen LogP contribution is 2.33. The van der Waals surface area contributed by atoms with Crippen LogP contribution in [-0.2, 0) is 6.18 Å². The summed E-state index contributed by atoms with van der Waals surface area (Å²) in [4.78, 5) is 18.2. The van der Waals surface area contributed by atoms with Crippen molar-refractivity contribution in [2.24, 2.45) is 0 Å². The van der Waals surface area contributed by atoms with Crippen LogP contribution in [0.1, 0.15) is 15.9 Å². The Balaban J connectivity index is 2.15. The summed E-state index contributed by atoms with van der Waals surface area (Å²) < 4.78 is 40.1. The number of fused-ring (bicyclic) bond motifs is 1. The van der Waals surface area contributed by atoms with Crippen molar-refractivity contribution in [2.75, 3.05) is 14.1 Å². The van der Waals surface area contributed by atoms with Gasteiger partial charge >= 0.3 is 6.18 Å². The van der Waals surface area contributed by atoms with Crippen molar-refractivity contribution in [1.29, 1.82) is 0 Å². The van der Waals surface area contributed by atoms with E-state index in [9.17, 15) is 18.0 Å². The highest BCUT2D eigenvalue weighted by atomic mass is 35.5. The number of aromatic nitrogens is 2. The largest absolute Gasteiger partial charge is 0.417 e. The van der Waals surface area contributed by atoms with Gasteiger partial charge in [0.05, 0.1) is 16.1 Å². The Hall–Kier alpha value is -2.80. The average Bonchev–Trinajstić information content (AvgIpc) is 2.98. The molecule has 4 nitrogen and oxygen atoms in total. The van der Waals surface area contributed by atoms with Gasteiger partial charge in [-0.15, -0.1) is 0 Å². The second kappa shape index (κ2) is 7.08. The number of hydrogen-bond acceptors (Lipinski definition) is 3. The number of para-hydroxylation sites is 1. The van der Waals surface area contributed by atoms with Crippen molar-refractivity contribution < 1.29 is 18.0 Å². The number of benzene rings is 1. The van der Waals surface area contributed by atoms with Crippen LogP contribution in [-0.4, -0.2) is 34.3 Å². The average molecular weight is 394 g/mol. The van der Waals surface area contributed by atoms with E-state index < -0.39 is 11.7 Å². The SMILES string of the molecule is CN(C)/C=C/C(=O)c1cn(-c2ncc(C(F)(F)F)cc2Cl)c2ccccc12. The van der Waals surface area contributed by atoms with Gasteiger partial charge in [-0.3, -0.25) is 9.36 Å². The van der Waals surface area contributed by atoms with E-state index in [2.05, 4.69) is 4.98 Å². The Bertz CT molecular complexity index is 1040. The van der Waals surface area contributed by atoms with E-state index in [4.69, 9.17) is 11.6 Å². The summed E-state index contributed by atoms with van der Waals surface area (Å²) in [6.45, 7) is 0. The number of pyridine rings is 1. The number of carbonyl (C=O) groups is 1. The summed E-state index contributed by atoms with van der Waals surface area (Å²) in [6, 6.07) is 7.88. The summed E-state index contributed by atoms with van der Waals surface area (Å²) in [5.41, 5.74) is 0.0904. The predicted molar refractivity (Wildman–Crippen MR) is 98.2 cm³/mol. The summed E-state index contributed by atoms with van der Waals surface area (Å²) in [6.07, 6.45) is 0.773. The molecule has 0 N–H and O–H groups in total. The second-order valence-electron chi connectivity index (χ2n) is 6.10. The Morgan fingerprint density at radius 2 is 1.96 bits per heavy atom. The maximum atomic E-state index is 12.9. The predicted octanol–water partition coefficient (Wildman–Crippen LogP) is 4.96. The Labute approximate surface area is 158 Å². The van der Waals surface area contributed by atoms with Crippen LogP contribution < -0.4 is 0 Å². The maximum Gasteiger partial charge on any atom is 0.417 e. The van der Waals surface area contributed by atoms with Crippen molar-refractivity contribution >= 4 is 28.3 Å². The van der Waals surface area contributed by atoms with Gasteiger partial charge in [0.2, 0.25) is 0 Å². The molecule has 2 heterocycles. The third kappa shape index (κ3) is 3.83. The smallest absolute Gasteiger partial charge is 0.383 e. The highest BCUT2D eigenvalue weighted by Gasteiger charge is 2.32. The first-order chi connectivity index (χ1) is 12.7. The van der Waals surface area contributed by atoms with Gasteiger partial charge in [-0.25, -0.2) is 4.98 Å². The van der Waals surface area contributed by atoms with Crippen molar-refractivity contribution in [3.05, 3.63) is 71.2 Å². The lowest BCUT2D eigenvalue weighted by Gasteiger charge is -2.10. The maximum absolute atomic E-state index is 12.9. The quantitative estimate of drug-likeness (QED) is 0.464. The van der Waals surface area contributed by atoms with Crippen LogP contribution in [0.2, 0.25) is 5.02 Å². The van der Waals surface area contributed by atoms with E-state index in [1.807, 2.05) is 0 Å². The Kier molecular flexibility index (Phi) is 4.97.